The molecule has 4 rings (SSSR count). The van der Waals surface area contributed by atoms with Gasteiger partial charge in [-0.2, -0.15) is 10.2 Å². The van der Waals surface area contributed by atoms with Crippen LogP contribution in [0.15, 0.2) is 64.9 Å². The Hall–Kier alpha value is -3.99. The van der Waals surface area contributed by atoms with Crippen LogP contribution in [0.3, 0.4) is 0 Å². The van der Waals surface area contributed by atoms with Gasteiger partial charge in [0.25, 0.3) is 5.91 Å². The summed E-state index contributed by atoms with van der Waals surface area (Å²) in [6.07, 6.45) is 7.61. The number of carbonyl (C=O) groups is 1. The van der Waals surface area contributed by atoms with E-state index >= 15 is 0 Å². The van der Waals surface area contributed by atoms with Gasteiger partial charge in [0.15, 0.2) is 0 Å². The van der Waals surface area contributed by atoms with Crippen molar-refractivity contribution in [1.29, 1.82) is 5.26 Å². The van der Waals surface area contributed by atoms with Crippen LogP contribution in [0.1, 0.15) is 45.1 Å². The number of nitrogens with zero attached hydrogens (tertiary/aromatic N) is 4. The smallest absolute Gasteiger partial charge is 0.338 e. The zero-order valence-corrected chi connectivity index (χ0v) is 20.2. The molecule has 1 aromatic carbocycles. The van der Waals surface area contributed by atoms with Gasteiger partial charge < -0.3 is 10.6 Å². The molecule has 0 atom stereocenters. The second-order valence-corrected chi connectivity index (χ2v) is 9.63. The van der Waals surface area contributed by atoms with Crippen molar-refractivity contribution in [1.82, 2.24) is 19.9 Å². The Kier molecular flexibility index (Phi) is 7.25. The Bertz CT molecular complexity index is 1340. The Labute approximate surface area is 204 Å². The van der Waals surface area contributed by atoms with Gasteiger partial charge in [0.05, 0.1) is 11.6 Å². The highest BCUT2D eigenvalue weighted by Crippen LogP contribution is 2.39. The Morgan fingerprint density at radius 1 is 1.14 bits per heavy atom. The first kappa shape index (κ1) is 24.1. The first-order valence-corrected chi connectivity index (χ1v) is 11.9. The molecule has 0 radical (unpaired) electrons. The zero-order chi connectivity index (χ0) is 24.8. The highest BCUT2D eigenvalue weighted by molar-refractivity contribution is 6.00. The van der Waals surface area contributed by atoms with Crippen LogP contribution in [0.25, 0.3) is 10.9 Å². The van der Waals surface area contributed by atoms with E-state index in [2.05, 4.69) is 34.4 Å². The number of hydrogen-bond donors (Lipinski definition) is 2. The molecule has 0 aliphatic heterocycles. The third-order valence-electron chi connectivity index (χ3n) is 6.62. The molecule has 8 heteroatoms. The average Bonchev–Trinajstić information content (AvgIpc) is 2.86. The number of nitrogens with one attached hydrogen (secondary N) is 2. The van der Waals surface area contributed by atoms with Gasteiger partial charge in [0, 0.05) is 24.3 Å². The molecule has 0 unspecified atom stereocenters. The van der Waals surface area contributed by atoms with Gasteiger partial charge in [-0.25, -0.2) is 4.79 Å². The highest BCUT2D eigenvalue weighted by atomic mass is 16.2. The van der Waals surface area contributed by atoms with E-state index in [0.717, 1.165) is 47.7 Å². The fraction of sp³-hybridized carbons (Fsp3) is 0.370. The summed E-state index contributed by atoms with van der Waals surface area (Å²) in [5.74, 6) is -0.000736. The third kappa shape index (κ3) is 5.75. The van der Waals surface area contributed by atoms with Crippen molar-refractivity contribution in [2.75, 3.05) is 11.9 Å². The van der Waals surface area contributed by atoms with Crippen LogP contribution in [-0.2, 0) is 17.8 Å². The molecule has 1 aliphatic rings. The Balaban J connectivity index is 1.70. The van der Waals surface area contributed by atoms with Gasteiger partial charge in [-0.05, 0) is 72.9 Å². The molecule has 0 spiro atoms. The SMILES string of the molecule is CC1(C)CCC(=C(Nc2nc(=O)n(CCc3ccncc3)c3ccccc23)C(=O)NCC#N)CC1. The largest absolute Gasteiger partial charge is 0.350 e. The predicted octanol–water partition coefficient (Wildman–Crippen LogP) is 3.94. The van der Waals surface area contributed by atoms with Gasteiger partial charge in [0.1, 0.15) is 18.1 Å². The summed E-state index contributed by atoms with van der Waals surface area (Å²) < 4.78 is 1.66. The minimum Gasteiger partial charge on any atom is -0.338 e. The number of allylic oxidation sites excluding steroid dienone is 1. The molecular weight excluding hydrogens is 440 g/mol. The average molecular weight is 471 g/mol. The van der Waals surface area contributed by atoms with Gasteiger partial charge in [-0.1, -0.05) is 26.0 Å². The topological polar surface area (TPSA) is 113 Å². The second-order valence-electron chi connectivity index (χ2n) is 9.63. The van der Waals surface area contributed by atoms with Crippen molar-refractivity contribution >= 4 is 22.6 Å². The number of aryl methyl sites for hydroxylation is 2. The van der Waals surface area contributed by atoms with Gasteiger partial charge in [0.2, 0.25) is 0 Å². The van der Waals surface area contributed by atoms with Crippen molar-refractivity contribution < 1.29 is 4.79 Å². The lowest BCUT2D eigenvalue weighted by Gasteiger charge is -2.32. The Morgan fingerprint density at radius 3 is 2.57 bits per heavy atom. The maximum atomic E-state index is 13.1. The van der Waals surface area contributed by atoms with Gasteiger partial charge in [-0.15, -0.1) is 0 Å². The fourth-order valence-corrected chi connectivity index (χ4v) is 4.44. The molecule has 0 saturated heterocycles. The number of nitriles is 1. The third-order valence-corrected chi connectivity index (χ3v) is 6.62. The number of carbonyl (C=O) groups excluding carboxylic acids is 1. The maximum Gasteiger partial charge on any atom is 0.350 e. The molecule has 1 fully saturated rings. The van der Waals surface area contributed by atoms with Crippen LogP contribution >= 0.6 is 0 Å². The number of benzene rings is 1. The van der Waals surface area contributed by atoms with Crippen LogP contribution in [-0.4, -0.2) is 27.0 Å². The van der Waals surface area contributed by atoms with Crippen molar-refractivity contribution in [2.45, 2.75) is 52.5 Å². The quantitative estimate of drug-likeness (QED) is 0.399. The number of hydrogen-bond acceptors (Lipinski definition) is 6. The predicted molar refractivity (Wildman–Crippen MR) is 135 cm³/mol. The van der Waals surface area contributed by atoms with Crippen LogP contribution in [0, 0.1) is 16.7 Å². The van der Waals surface area contributed by atoms with Crippen molar-refractivity contribution in [3.63, 3.8) is 0 Å². The first-order valence-electron chi connectivity index (χ1n) is 11.9. The van der Waals surface area contributed by atoms with E-state index in [1.165, 1.54) is 0 Å². The minimum atomic E-state index is -0.383. The van der Waals surface area contributed by atoms with Crippen LogP contribution in [0.5, 0.6) is 0 Å². The zero-order valence-electron chi connectivity index (χ0n) is 20.2. The molecule has 0 bridgehead atoms. The molecule has 1 saturated carbocycles. The van der Waals surface area contributed by atoms with E-state index in [9.17, 15) is 9.59 Å². The summed E-state index contributed by atoms with van der Waals surface area (Å²) in [7, 11) is 0. The molecule has 1 aliphatic carbocycles. The normalized spacial score (nSPS) is 14.8. The standard InChI is InChI=1S/C27H30N6O2/c1-27(2)12-7-20(8-13-27)23(25(34)30-17-14-28)31-24-21-5-3-4-6-22(21)33(26(35)32-24)18-11-19-9-15-29-16-10-19/h3-6,9-10,15-16H,7-8,11-13,17-18H2,1-2H3,(H,30,34)(H,31,32,35). The van der Waals surface area contributed by atoms with E-state index in [0.29, 0.717) is 24.5 Å². The number of para-hydroxylation sites is 1. The first-order chi connectivity index (χ1) is 16.9. The molecular formula is C27H30N6O2. The van der Waals surface area contributed by atoms with E-state index < -0.39 is 0 Å². The number of aromatic nitrogens is 3. The lowest BCUT2D eigenvalue weighted by atomic mass is 9.75. The number of anilines is 1. The minimum absolute atomic E-state index is 0.0897. The molecule has 2 aromatic heterocycles. The summed E-state index contributed by atoms with van der Waals surface area (Å²) in [6.45, 7) is 4.84. The second kappa shape index (κ2) is 10.5. The maximum absolute atomic E-state index is 13.1. The van der Waals surface area contributed by atoms with Crippen molar-refractivity contribution in [2.24, 2.45) is 5.41 Å². The number of fused-ring (bicyclic) bond motifs is 1. The van der Waals surface area contributed by atoms with Crippen molar-refractivity contribution in [3.8, 4) is 6.07 Å². The molecule has 3 aromatic rings. The van der Waals surface area contributed by atoms with E-state index in [-0.39, 0.29) is 23.6 Å². The number of pyridine rings is 1. The van der Waals surface area contributed by atoms with Gasteiger partial charge >= 0.3 is 5.69 Å². The van der Waals surface area contributed by atoms with Crippen molar-refractivity contribution in [3.05, 3.63) is 76.1 Å². The summed E-state index contributed by atoms with van der Waals surface area (Å²) in [4.78, 5) is 34.5. The molecule has 2 N–H and O–H groups in total. The lowest BCUT2D eigenvalue weighted by Crippen LogP contribution is -2.32. The lowest BCUT2D eigenvalue weighted by molar-refractivity contribution is -0.117. The highest BCUT2D eigenvalue weighted by Gasteiger charge is 2.27. The summed E-state index contributed by atoms with van der Waals surface area (Å²) >= 11 is 0. The van der Waals surface area contributed by atoms with E-state index in [1.54, 1.807) is 17.0 Å². The van der Waals surface area contributed by atoms with E-state index in [1.807, 2.05) is 42.5 Å². The molecule has 2 heterocycles. The van der Waals surface area contributed by atoms with Crippen LogP contribution in [0.2, 0.25) is 0 Å². The number of amides is 1. The monoisotopic (exact) mass is 470 g/mol. The molecule has 8 nitrogen and oxygen atoms in total. The van der Waals surface area contributed by atoms with Crippen LogP contribution < -0.4 is 16.3 Å². The molecule has 1 amide bonds. The summed E-state index contributed by atoms with van der Waals surface area (Å²) in [6, 6.07) is 13.4. The Morgan fingerprint density at radius 2 is 1.86 bits per heavy atom. The van der Waals surface area contributed by atoms with E-state index in [4.69, 9.17) is 5.26 Å². The molecule has 180 valence electrons. The fourth-order valence-electron chi connectivity index (χ4n) is 4.44. The summed E-state index contributed by atoms with van der Waals surface area (Å²) in [5, 5.41) is 15.5. The summed E-state index contributed by atoms with van der Waals surface area (Å²) in [5.41, 5.74) is 3.05. The molecule has 35 heavy (non-hydrogen) atoms. The number of rotatable bonds is 7. The van der Waals surface area contributed by atoms with Crippen LogP contribution in [0.4, 0.5) is 5.82 Å². The van der Waals surface area contributed by atoms with Gasteiger partial charge in [-0.3, -0.25) is 14.3 Å².